The number of cyclic esters (lactones) is 1. The van der Waals surface area contributed by atoms with E-state index in [4.69, 9.17) is 65.8 Å². The number of esters is 2. The van der Waals surface area contributed by atoms with Crippen molar-refractivity contribution in [1.29, 1.82) is 0 Å². The van der Waals surface area contributed by atoms with Gasteiger partial charge in [0.25, 0.3) is 0 Å². The maximum absolute atomic E-state index is 14.7. The van der Waals surface area contributed by atoms with Crippen molar-refractivity contribution in [2.45, 2.75) is 273 Å². The van der Waals surface area contributed by atoms with Crippen molar-refractivity contribution >= 4 is 22.3 Å². The van der Waals surface area contributed by atoms with Crippen LogP contribution in [0.1, 0.15) is 120 Å². The number of carbonyl (C=O) groups is 2. The van der Waals surface area contributed by atoms with E-state index in [9.17, 15) is 73.6 Å². The van der Waals surface area contributed by atoms with E-state index in [0.29, 0.717) is 50.9 Å². The standard InChI is InChI=1S/C60H96O29S.Na/c1-25(2)12-11-17-59(9)49-31(81-27(4)62)20-58(8)29-13-14-35-56(5,6)36(16-18-57(35,7)28(29)15-19-60(49,58)55(72)88-59)84-53-47(40(67)34(24-79-53)89-90(73,74)75)87-54-48(41(68)37(64)26(3)80-54)86-50-42(69)38(65)33(23-78-50)83-51-43(70)45(30(63)22-77-51)85-52-44(71)46(76-10)39(66)32(21-61)82-52;/h13,25-26,28,30-54,61,63-71H,11-12,14-24H2,1-10H3,(H,73,74,75);/q;+1/p-1/t26-,28-,30-,31+,32-,33-,34-,35+,36+,37-,38+,39-,40+,41+,42-,43-,44-,45+,46+,47-,48-,49-,50+,51+,52+,53+,54+,57-,58+,59?,60-;/m1./s1. The van der Waals surface area contributed by atoms with Gasteiger partial charge in [-0.1, -0.05) is 59.6 Å². The molecule has 10 aliphatic rings. The molecule has 6 saturated heterocycles. The fraction of sp³-hybridized carbons (Fsp3) is 0.933. The number of methoxy groups -OCH3 is 1. The Morgan fingerprint density at radius 3 is 2.00 bits per heavy atom. The van der Waals surface area contributed by atoms with Crippen LogP contribution in [0.5, 0.6) is 0 Å². The van der Waals surface area contributed by atoms with E-state index in [1.165, 1.54) is 26.5 Å². The van der Waals surface area contributed by atoms with Crippen molar-refractivity contribution in [2.75, 3.05) is 33.5 Å². The molecule has 0 aromatic heterocycles. The van der Waals surface area contributed by atoms with Gasteiger partial charge in [0.05, 0.1) is 50.0 Å². The molecule has 6 aliphatic heterocycles. The molecule has 10 N–H and O–H groups in total. The normalized spacial score (nSPS) is 49.7. The minimum absolute atomic E-state index is 0. The van der Waals surface area contributed by atoms with Crippen molar-refractivity contribution in [1.82, 2.24) is 0 Å². The number of fused-ring (bicyclic) bond motifs is 4. The van der Waals surface area contributed by atoms with Gasteiger partial charge in [0, 0.05) is 19.4 Å². The third-order valence-corrected chi connectivity index (χ3v) is 22.7. The minimum Gasteiger partial charge on any atom is -0.726 e. The molecule has 0 bridgehead atoms. The van der Waals surface area contributed by atoms with E-state index in [2.05, 4.69) is 47.6 Å². The van der Waals surface area contributed by atoms with Crippen LogP contribution in [0.15, 0.2) is 11.6 Å². The van der Waals surface area contributed by atoms with Crippen molar-refractivity contribution in [2.24, 2.45) is 45.3 Å². The zero-order chi connectivity index (χ0) is 65.7. The molecule has 0 aromatic rings. The maximum atomic E-state index is 14.7. The van der Waals surface area contributed by atoms with Gasteiger partial charge in [0.15, 0.2) is 31.5 Å². The van der Waals surface area contributed by atoms with Crippen molar-refractivity contribution < 1.29 is 169 Å². The molecule has 0 radical (unpaired) electrons. The monoisotopic (exact) mass is 1330 g/mol. The first-order valence-corrected chi connectivity index (χ1v) is 32.9. The molecular formula is C60H95NaO29S. The molecule has 10 rings (SSSR count). The number of carbonyl (C=O) groups excluding carboxylic acids is 2. The smallest absolute Gasteiger partial charge is 0.726 e. The summed E-state index contributed by atoms with van der Waals surface area (Å²) in [5, 5.41) is 111. The van der Waals surface area contributed by atoms with Crippen LogP contribution < -0.4 is 29.6 Å². The summed E-state index contributed by atoms with van der Waals surface area (Å²) >= 11 is 0. The second-order valence-corrected chi connectivity index (χ2v) is 29.4. The largest absolute Gasteiger partial charge is 1.00 e. The number of hydrogen-bond acceptors (Lipinski definition) is 29. The zero-order valence-electron chi connectivity index (χ0n) is 53.6. The van der Waals surface area contributed by atoms with Gasteiger partial charge in [-0.15, -0.1) is 0 Å². The van der Waals surface area contributed by atoms with E-state index in [1.54, 1.807) is 0 Å². The second-order valence-electron chi connectivity index (χ2n) is 28.4. The molecule has 31 atom stereocenters. The fourth-order valence-corrected chi connectivity index (χ4v) is 18.1. The number of hydrogen-bond donors (Lipinski definition) is 10. The average molecular weight is 1340 g/mol. The quantitative estimate of drug-likeness (QED) is 0.0193. The summed E-state index contributed by atoms with van der Waals surface area (Å²) in [4.78, 5) is 27.6. The first-order valence-electron chi connectivity index (χ1n) is 31.6. The Bertz CT molecular complexity index is 2680. The Morgan fingerprint density at radius 2 is 1.34 bits per heavy atom. The van der Waals surface area contributed by atoms with Crippen LogP contribution >= 0.6 is 0 Å². The topological polar surface area (TPSA) is 423 Å². The van der Waals surface area contributed by atoms with Gasteiger partial charge in [-0.3, -0.25) is 13.8 Å². The predicted octanol–water partition coefficient (Wildman–Crippen LogP) is -4.18. The SMILES string of the molecule is CO[C@@H]1[C@@H](O)[C@H](O[C@@H]2[C@@H](O)[C@H](O[C@@H]3CO[C@@H](O[C@H]4[C@H](O[C@H]5[C@H](O[C@H]6CC[C@]7(C)[C@@H]8CC[C@]9%10C(=O)OC(C)(CCCC(C)C)[C@H]9[C@@H](OC(C)=O)C[C@@]%10(C)C8=CC[C@H]7C6(C)C)OC[C@@H](OS(=O)(=O)[O-])[C@@H]5O)O[C@H](C)[C@@H](O)[C@@H]4O)[C@H](O)[C@H]3O)OC[C@H]2O)O[C@H](CO)[C@H]1O.[Na+]. The molecule has 6 heterocycles. The zero-order valence-corrected chi connectivity index (χ0v) is 56.4. The first-order chi connectivity index (χ1) is 42.2. The van der Waals surface area contributed by atoms with E-state index in [-0.39, 0.29) is 58.7 Å². The summed E-state index contributed by atoms with van der Waals surface area (Å²) in [7, 11) is -4.28. The van der Waals surface area contributed by atoms with Gasteiger partial charge < -0.3 is 117 Å². The van der Waals surface area contributed by atoms with E-state index in [0.717, 1.165) is 12.8 Å². The molecule has 29 nitrogen and oxygen atoms in total. The Hall–Kier alpha value is -1.29. The molecule has 1 spiro atoms. The van der Waals surface area contributed by atoms with Crippen LogP contribution in [-0.2, 0) is 85.8 Å². The Morgan fingerprint density at radius 1 is 0.714 bits per heavy atom. The molecule has 9 fully saturated rings. The Balaban J connectivity index is 0.00000980. The molecule has 0 amide bonds. The van der Waals surface area contributed by atoms with Gasteiger partial charge in [0.2, 0.25) is 10.4 Å². The van der Waals surface area contributed by atoms with Gasteiger partial charge >= 0.3 is 41.5 Å². The predicted molar refractivity (Wildman–Crippen MR) is 301 cm³/mol. The van der Waals surface area contributed by atoms with Crippen LogP contribution in [0.3, 0.4) is 0 Å². The Labute approximate surface area is 552 Å². The molecule has 3 saturated carbocycles. The van der Waals surface area contributed by atoms with Crippen molar-refractivity contribution in [3.8, 4) is 0 Å². The maximum Gasteiger partial charge on any atom is 1.00 e. The third kappa shape index (κ3) is 13.6. The summed E-state index contributed by atoms with van der Waals surface area (Å²) in [5.41, 5.74) is -2.29. The minimum atomic E-state index is -5.47. The molecular weight excluding hydrogens is 1240 g/mol. The van der Waals surface area contributed by atoms with Gasteiger partial charge in [-0.2, -0.15) is 0 Å². The van der Waals surface area contributed by atoms with Gasteiger partial charge in [0.1, 0.15) is 109 Å². The van der Waals surface area contributed by atoms with Crippen LogP contribution in [0, 0.1) is 45.3 Å². The molecule has 91 heavy (non-hydrogen) atoms. The average Bonchev–Trinajstić information content (AvgIpc) is 1.52. The summed E-state index contributed by atoms with van der Waals surface area (Å²) in [5.74, 6) is -0.576. The van der Waals surface area contributed by atoms with E-state index < -0.39 is 212 Å². The van der Waals surface area contributed by atoms with Gasteiger partial charge in [-0.25, -0.2) is 8.42 Å². The molecule has 31 heteroatoms. The summed E-state index contributed by atoms with van der Waals surface area (Å²) in [6.45, 7) is 15.2. The second kappa shape index (κ2) is 28.1. The Kier molecular flexibility index (Phi) is 22.9. The van der Waals surface area contributed by atoms with Gasteiger partial charge in [-0.05, 0) is 93.8 Å². The fourth-order valence-electron chi connectivity index (χ4n) is 17.6. The molecule has 1 unspecified atom stereocenters. The summed E-state index contributed by atoms with van der Waals surface area (Å²) < 4.78 is 119. The molecule has 0 aromatic carbocycles. The third-order valence-electron chi connectivity index (χ3n) is 22.2. The van der Waals surface area contributed by atoms with Crippen molar-refractivity contribution in [3.05, 3.63) is 11.6 Å². The number of allylic oxidation sites excluding steroid dienone is 2. The molecule has 4 aliphatic carbocycles. The summed E-state index contributed by atoms with van der Waals surface area (Å²) in [6, 6.07) is 0. The van der Waals surface area contributed by atoms with Crippen LogP contribution in [0.25, 0.3) is 0 Å². The van der Waals surface area contributed by atoms with Crippen molar-refractivity contribution in [3.63, 3.8) is 0 Å². The number of rotatable bonds is 19. The molecule has 516 valence electrons. The first kappa shape index (κ1) is 73.9. The summed E-state index contributed by atoms with van der Waals surface area (Å²) in [6.07, 6.45) is -30.3. The van der Waals surface area contributed by atoms with Crippen LogP contribution in [0.4, 0.5) is 0 Å². The number of ether oxygens (including phenoxy) is 13. The van der Waals surface area contributed by atoms with E-state index in [1.807, 2.05) is 6.92 Å². The van der Waals surface area contributed by atoms with Crippen LogP contribution in [-0.4, -0.2) is 263 Å². The van der Waals surface area contributed by atoms with Crippen LogP contribution in [0.2, 0.25) is 0 Å². The number of aliphatic hydroxyl groups excluding tert-OH is 10. The van der Waals surface area contributed by atoms with E-state index >= 15 is 0 Å². The number of aliphatic hydroxyl groups is 10.